The minimum atomic E-state index is 0.575. The van der Waals surface area contributed by atoms with E-state index in [4.69, 9.17) is 5.73 Å². The first-order valence-electron chi connectivity index (χ1n) is 6.50. The molecule has 3 N–H and O–H groups in total. The lowest BCUT2D eigenvalue weighted by atomic mass is 10.2. The molecule has 0 radical (unpaired) electrons. The van der Waals surface area contributed by atoms with Crippen LogP contribution in [0.15, 0.2) is 30.3 Å². The van der Waals surface area contributed by atoms with Crippen molar-refractivity contribution in [3.63, 3.8) is 0 Å². The van der Waals surface area contributed by atoms with Gasteiger partial charge in [-0.1, -0.05) is 26.0 Å². The number of hydrogen-bond acceptors (Lipinski definition) is 4. The highest BCUT2D eigenvalue weighted by Gasteiger charge is 2.05. The molecular formula is C15H20N4. The molecule has 0 fully saturated rings. The second-order valence-corrected chi connectivity index (χ2v) is 5.12. The SMILES string of the molecule is Cc1cc(NCC(C)C)nc(-c2cccc(N)c2)n1. The van der Waals surface area contributed by atoms with Crippen LogP contribution >= 0.6 is 0 Å². The van der Waals surface area contributed by atoms with Crippen molar-refractivity contribution in [2.45, 2.75) is 20.8 Å². The molecule has 4 heteroatoms. The lowest BCUT2D eigenvalue weighted by Crippen LogP contribution is -2.10. The van der Waals surface area contributed by atoms with Crippen LogP contribution < -0.4 is 11.1 Å². The molecule has 0 aliphatic rings. The van der Waals surface area contributed by atoms with E-state index in [0.717, 1.165) is 29.3 Å². The highest BCUT2D eigenvalue weighted by Crippen LogP contribution is 2.20. The summed E-state index contributed by atoms with van der Waals surface area (Å²) >= 11 is 0. The Balaban J connectivity index is 2.31. The number of anilines is 2. The third kappa shape index (κ3) is 3.68. The Hall–Kier alpha value is -2.10. The molecule has 0 amide bonds. The Morgan fingerprint density at radius 1 is 1.21 bits per heavy atom. The first kappa shape index (κ1) is 13.3. The molecule has 0 saturated heterocycles. The number of aromatic nitrogens is 2. The van der Waals surface area contributed by atoms with Crippen molar-refractivity contribution in [3.05, 3.63) is 36.0 Å². The predicted molar refractivity (Wildman–Crippen MR) is 79.9 cm³/mol. The zero-order valence-corrected chi connectivity index (χ0v) is 11.6. The average Bonchev–Trinajstić information content (AvgIpc) is 2.36. The normalized spacial score (nSPS) is 10.7. The van der Waals surface area contributed by atoms with Crippen LogP contribution in [0.25, 0.3) is 11.4 Å². The number of hydrogen-bond donors (Lipinski definition) is 2. The van der Waals surface area contributed by atoms with E-state index in [1.807, 2.05) is 37.3 Å². The van der Waals surface area contributed by atoms with E-state index in [9.17, 15) is 0 Å². The second kappa shape index (κ2) is 5.69. The first-order chi connectivity index (χ1) is 9.04. The fourth-order valence-corrected chi connectivity index (χ4v) is 1.77. The van der Waals surface area contributed by atoms with E-state index in [1.165, 1.54) is 0 Å². The summed E-state index contributed by atoms with van der Waals surface area (Å²) in [7, 11) is 0. The lowest BCUT2D eigenvalue weighted by Gasteiger charge is -2.10. The minimum absolute atomic E-state index is 0.575. The number of aryl methyl sites for hydroxylation is 1. The van der Waals surface area contributed by atoms with Crippen LogP contribution in [0.1, 0.15) is 19.5 Å². The van der Waals surface area contributed by atoms with Gasteiger partial charge in [-0.3, -0.25) is 0 Å². The third-order valence-corrected chi connectivity index (χ3v) is 2.69. The van der Waals surface area contributed by atoms with Gasteiger partial charge in [0.25, 0.3) is 0 Å². The van der Waals surface area contributed by atoms with Gasteiger partial charge in [0.05, 0.1) is 0 Å². The predicted octanol–water partition coefficient (Wildman–Crippen LogP) is 3.10. The quantitative estimate of drug-likeness (QED) is 0.825. The maximum atomic E-state index is 5.80. The van der Waals surface area contributed by atoms with E-state index in [-0.39, 0.29) is 0 Å². The molecule has 0 saturated carbocycles. The second-order valence-electron chi connectivity index (χ2n) is 5.12. The summed E-state index contributed by atoms with van der Waals surface area (Å²) in [5.74, 6) is 2.14. The van der Waals surface area contributed by atoms with Gasteiger partial charge in [0, 0.05) is 29.6 Å². The molecule has 2 aromatic rings. The molecule has 0 unspecified atom stereocenters. The third-order valence-electron chi connectivity index (χ3n) is 2.69. The van der Waals surface area contributed by atoms with Crippen molar-refractivity contribution in [2.24, 2.45) is 5.92 Å². The molecule has 1 heterocycles. The summed E-state index contributed by atoms with van der Waals surface area (Å²) in [6, 6.07) is 9.59. The minimum Gasteiger partial charge on any atom is -0.399 e. The smallest absolute Gasteiger partial charge is 0.161 e. The van der Waals surface area contributed by atoms with Gasteiger partial charge in [0.15, 0.2) is 5.82 Å². The van der Waals surface area contributed by atoms with E-state index in [0.29, 0.717) is 11.7 Å². The van der Waals surface area contributed by atoms with Crippen LogP contribution in [0.2, 0.25) is 0 Å². The van der Waals surface area contributed by atoms with Gasteiger partial charge < -0.3 is 11.1 Å². The summed E-state index contributed by atoms with van der Waals surface area (Å²) in [5.41, 5.74) is 8.41. The van der Waals surface area contributed by atoms with Gasteiger partial charge in [0.1, 0.15) is 5.82 Å². The van der Waals surface area contributed by atoms with Crippen LogP contribution in [0.4, 0.5) is 11.5 Å². The molecule has 0 aliphatic carbocycles. The van der Waals surface area contributed by atoms with Crippen molar-refractivity contribution in [3.8, 4) is 11.4 Å². The lowest BCUT2D eigenvalue weighted by molar-refractivity contribution is 0.687. The Kier molecular flexibility index (Phi) is 4.00. The largest absolute Gasteiger partial charge is 0.399 e. The summed E-state index contributed by atoms with van der Waals surface area (Å²) in [5, 5.41) is 3.33. The molecule has 100 valence electrons. The first-order valence-corrected chi connectivity index (χ1v) is 6.50. The maximum absolute atomic E-state index is 5.80. The Bertz CT molecular complexity index is 564. The number of rotatable bonds is 4. The molecule has 19 heavy (non-hydrogen) atoms. The standard InChI is InChI=1S/C15H20N4/c1-10(2)9-17-14-7-11(3)18-15(19-14)12-5-4-6-13(16)8-12/h4-8,10H,9,16H2,1-3H3,(H,17,18,19). The van der Waals surface area contributed by atoms with E-state index >= 15 is 0 Å². The van der Waals surface area contributed by atoms with Gasteiger partial charge in [0.2, 0.25) is 0 Å². The number of nitrogens with zero attached hydrogens (tertiary/aromatic N) is 2. The molecule has 1 aromatic heterocycles. The summed E-state index contributed by atoms with van der Waals surface area (Å²) in [6.07, 6.45) is 0. The fourth-order valence-electron chi connectivity index (χ4n) is 1.77. The zero-order chi connectivity index (χ0) is 13.8. The molecule has 0 atom stereocenters. The Morgan fingerprint density at radius 3 is 2.68 bits per heavy atom. The van der Waals surface area contributed by atoms with Gasteiger partial charge in [-0.2, -0.15) is 0 Å². The zero-order valence-electron chi connectivity index (χ0n) is 11.6. The monoisotopic (exact) mass is 256 g/mol. The molecule has 4 nitrogen and oxygen atoms in total. The molecule has 0 spiro atoms. The van der Waals surface area contributed by atoms with E-state index in [2.05, 4.69) is 29.1 Å². The molecule has 2 rings (SSSR count). The van der Waals surface area contributed by atoms with Gasteiger partial charge in [-0.05, 0) is 25.0 Å². The van der Waals surface area contributed by atoms with Gasteiger partial charge >= 0.3 is 0 Å². The summed E-state index contributed by atoms with van der Waals surface area (Å²) < 4.78 is 0. The van der Waals surface area contributed by atoms with E-state index in [1.54, 1.807) is 0 Å². The van der Waals surface area contributed by atoms with Crippen LogP contribution in [-0.2, 0) is 0 Å². The number of nitrogens with one attached hydrogen (secondary N) is 1. The highest BCUT2D eigenvalue weighted by molar-refractivity contribution is 5.62. The number of nitrogens with two attached hydrogens (primary N) is 1. The van der Waals surface area contributed by atoms with Crippen molar-refractivity contribution in [1.29, 1.82) is 0 Å². The molecular weight excluding hydrogens is 236 g/mol. The Morgan fingerprint density at radius 2 is 2.00 bits per heavy atom. The molecule has 1 aromatic carbocycles. The fraction of sp³-hybridized carbons (Fsp3) is 0.333. The van der Waals surface area contributed by atoms with Crippen molar-refractivity contribution in [2.75, 3.05) is 17.6 Å². The summed E-state index contributed by atoms with van der Waals surface area (Å²) in [6.45, 7) is 7.20. The molecule has 0 bridgehead atoms. The van der Waals surface area contributed by atoms with Gasteiger partial charge in [-0.15, -0.1) is 0 Å². The van der Waals surface area contributed by atoms with Gasteiger partial charge in [-0.25, -0.2) is 9.97 Å². The average molecular weight is 256 g/mol. The van der Waals surface area contributed by atoms with Crippen LogP contribution in [0.3, 0.4) is 0 Å². The molecule has 0 aliphatic heterocycles. The maximum Gasteiger partial charge on any atom is 0.161 e. The Labute approximate surface area is 114 Å². The summed E-state index contributed by atoms with van der Waals surface area (Å²) in [4.78, 5) is 9.00. The van der Waals surface area contributed by atoms with Crippen LogP contribution in [0, 0.1) is 12.8 Å². The van der Waals surface area contributed by atoms with Crippen molar-refractivity contribution < 1.29 is 0 Å². The number of benzene rings is 1. The van der Waals surface area contributed by atoms with Crippen LogP contribution in [-0.4, -0.2) is 16.5 Å². The van der Waals surface area contributed by atoms with E-state index < -0.39 is 0 Å². The topological polar surface area (TPSA) is 63.8 Å². The number of nitrogen functional groups attached to an aromatic ring is 1. The van der Waals surface area contributed by atoms with Crippen molar-refractivity contribution in [1.82, 2.24) is 9.97 Å². The van der Waals surface area contributed by atoms with Crippen molar-refractivity contribution >= 4 is 11.5 Å². The van der Waals surface area contributed by atoms with Crippen LogP contribution in [0.5, 0.6) is 0 Å². The highest BCUT2D eigenvalue weighted by atomic mass is 15.0.